The van der Waals surface area contributed by atoms with Gasteiger partial charge in [0.15, 0.2) is 0 Å². The highest BCUT2D eigenvalue weighted by Gasteiger charge is 2.68. The minimum absolute atomic E-state index is 0.196. The number of carbonyl (C=O) groups excluding carboxylic acids is 2. The third kappa shape index (κ3) is 2.05. The van der Waals surface area contributed by atoms with Crippen LogP contribution in [0.1, 0.15) is 12.8 Å². The van der Waals surface area contributed by atoms with Crippen molar-refractivity contribution in [2.45, 2.75) is 12.8 Å². The lowest BCUT2D eigenvalue weighted by molar-refractivity contribution is -0.152. The molecule has 24 heavy (non-hydrogen) atoms. The molecule has 2 bridgehead atoms. The molecule has 0 aliphatic heterocycles. The summed E-state index contributed by atoms with van der Waals surface area (Å²) in [5, 5.41) is 18.6. The maximum absolute atomic E-state index is 12.1. The zero-order valence-corrected chi connectivity index (χ0v) is 13.2. The number of carboxylic acids is 2. The smallest absolute Gasteiger partial charge is 0.334 e. The first-order valence-corrected chi connectivity index (χ1v) is 7.68. The van der Waals surface area contributed by atoms with Gasteiger partial charge >= 0.3 is 23.9 Å². The number of rotatable bonds is 5. The van der Waals surface area contributed by atoms with Gasteiger partial charge < -0.3 is 19.7 Å². The van der Waals surface area contributed by atoms with E-state index in [1.807, 2.05) is 0 Å². The number of fused-ring (bicyclic) bond motifs is 5. The quantitative estimate of drug-likeness (QED) is 0.686. The first-order valence-electron chi connectivity index (χ1n) is 7.68. The molecule has 2 saturated carbocycles. The molecule has 6 atom stereocenters. The molecule has 2 N–H and O–H groups in total. The third-order valence-electron chi connectivity index (χ3n) is 5.79. The van der Waals surface area contributed by atoms with Crippen LogP contribution in [-0.2, 0) is 28.7 Å². The molecule has 0 amide bonds. The van der Waals surface area contributed by atoms with E-state index < -0.39 is 35.7 Å². The first kappa shape index (κ1) is 16.5. The normalized spacial score (nSPS) is 35.9. The lowest BCUT2D eigenvalue weighted by atomic mass is 9.55. The van der Waals surface area contributed by atoms with E-state index in [0.29, 0.717) is 6.42 Å². The van der Waals surface area contributed by atoms with Crippen LogP contribution < -0.4 is 0 Å². The predicted molar refractivity (Wildman–Crippen MR) is 76.5 cm³/mol. The van der Waals surface area contributed by atoms with Crippen LogP contribution in [0.2, 0.25) is 0 Å². The lowest BCUT2D eigenvalue weighted by Crippen LogP contribution is -2.49. The van der Waals surface area contributed by atoms with Gasteiger partial charge in [-0.15, -0.1) is 0 Å². The molecule has 2 fully saturated rings. The van der Waals surface area contributed by atoms with Crippen LogP contribution in [0, 0.1) is 35.5 Å². The minimum Gasteiger partial charge on any atom is -0.481 e. The van der Waals surface area contributed by atoms with Crippen molar-refractivity contribution in [3.05, 3.63) is 11.1 Å². The second-order valence-corrected chi connectivity index (χ2v) is 6.55. The number of esters is 2. The van der Waals surface area contributed by atoms with E-state index in [9.17, 15) is 24.3 Å². The molecular weight excluding hydrogens is 320 g/mol. The topological polar surface area (TPSA) is 127 Å². The average Bonchev–Trinajstić information content (AvgIpc) is 2.98. The van der Waals surface area contributed by atoms with Crippen molar-refractivity contribution in [3.63, 3.8) is 0 Å². The standard InChI is InChI=1S/C16H18O8/c1-23-15(21)12-10-5-3-7(11(10)13(12)16(22)24-2)9(14(19)20)6(5)4-8(17)18/h5-7,9-11H,3-4H2,1-2H3,(H,17,18)(H,19,20). The first-order chi connectivity index (χ1) is 11.3. The number of hydrogen-bond donors (Lipinski definition) is 2. The SMILES string of the molecule is COC(=O)C1=C(C(=O)OC)C2C3CC(C(CC(=O)O)C3C(=O)O)C12. The van der Waals surface area contributed by atoms with E-state index in [2.05, 4.69) is 0 Å². The molecule has 3 aliphatic carbocycles. The van der Waals surface area contributed by atoms with E-state index in [4.69, 9.17) is 14.6 Å². The highest BCUT2D eigenvalue weighted by atomic mass is 16.5. The summed E-state index contributed by atoms with van der Waals surface area (Å²) >= 11 is 0. The van der Waals surface area contributed by atoms with Crippen LogP contribution >= 0.6 is 0 Å². The highest BCUT2D eigenvalue weighted by Crippen LogP contribution is 2.68. The van der Waals surface area contributed by atoms with Gasteiger partial charge in [-0.25, -0.2) is 9.59 Å². The Bertz CT molecular complexity index is 663. The van der Waals surface area contributed by atoms with Gasteiger partial charge in [-0.3, -0.25) is 9.59 Å². The summed E-state index contributed by atoms with van der Waals surface area (Å²) in [5.41, 5.74) is 0.419. The summed E-state index contributed by atoms with van der Waals surface area (Å²) in [6.07, 6.45) is 0.231. The van der Waals surface area contributed by atoms with Gasteiger partial charge in [0.05, 0.1) is 31.3 Å². The molecule has 0 saturated heterocycles. The maximum atomic E-state index is 12.1. The summed E-state index contributed by atoms with van der Waals surface area (Å²) in [5.74, 6) is -6.08. The van der Waals surface area contributed by atoms with Gasteiger partial charge in [-0.05, 0) is 24.2 Å². The highest BCUT2D eigenvalue weighted by molar-refractivity contribution is 6.05. The fourth-order valence-corrected chi connectivity index (χ4v) is 5.14. The third-order valence-corrected chi connectivity index (χ3v) is 5.79. The molecule has 130 valence electrons. The van der Waals surface area contributed by atoms with E-state index in [-0.39, 0.29) is 41.2 Å². The molecule has 6 unspecified atom stereocenters. The van der Waals surface area contributed by atoms with Crippen LogP contribution in [0.15, 0.2) is 11.1 Å². The Kier molecular flexibility index (Phi) is 3.85. The fraction of sp³-hybridized carbons (Fsp3) is 0.625. The molecule has 8 nitrogen and oxygen atoms in total. The zero-order chi connectivity index (χ0) is 17.8. The van der Waals surface area contributed by atoms with E-state index in [1.165, 1.54) is 14.2 Å². The fourth-order valence-electron chi connectivity index (χ4n) is 5.14. The summed E-state index contributed by atoms with van der Waals surface area (Å²) in [6, 6.07) is 0. The number of ether oxygens (including phenoxy) is 2. The number of hydrogen-bond acceptors (Lipinski definition) is 6. The Balaban J connectivity index is 2.02. The van der Waals surface area contributed by atoms with Crippen molar-refractivity contribution in [2.75, 3.05) is 14.2 Å². The Morgan fingerprint density at radius 1 is 0.958 bits per heavy atom. The Labute approximate surface area is 137 Å². The van der Waals surface area contributed by atoms with Gasteiger partial charge in [-0.1, -0.05) is 0 Å². The second-order valence-electron chi connectivity index (χ2n) is 6.55. The van der Waals surface area contributed by atoms with Crippen LogP contribution in [0.4, 0.5) is 0 Å². The number of carbonyl (C=O) groups is 4. The Morgan fingerprint density at radius 3 is 1.88 bits per heavy atom. The molecule has 0 aromatic carbocycles. The zero-order valence-electron chi connectivity index (χ0n) is 13.2. The van der Waals surface area contributed by atoms with Crippen molar-refractivity contribution >= 4 is 23.9 Å². The summed E-state index contributed by atoms with van der Waals surface area (Å²) in [6.45, 7) is 0. The summed E-state index contributed by atoms with van der Waals surface area (Å²) in [7, 11) is 2.41. The summed E-state index contributed by atoms with van der Waals surface area (Å²) in [4.78, 5) is 46.9. The molecule has 3 rings (SSSR count). The van der Waals surface area contributed by atoms with Crippen LogP contribution in [0.25, 0.3) is 0 Å². The maximum Gasteiger partial charge on any atom is 0.334 e. The largest absolute Gasteiger partial charge is 0.481 e. The van der Waals surface area contributed by atoms with E-state index >= 15 is 0 Å². The second kappa shape index (κ2) is 5.61. The molecule has 3 aliphatic rings. The Morgan fingerprint density at radius 2 is 1.46 bits per heavy atom. The molecule has 0 spiro atoms. The van der Waals surface area contributed by atoms with Gasteiger partial charge in [0, 0.05) is 18.3 Å². The lowest BCUT2D eigenvalue weighted by Gasteiger charge is -2.46. The van der Waals surface area contributed by atoms with Gasteiger partial charge in [0.2, 0.25) is 0 Å². The van der Waals surface area contributed by atoms with Crippen molar-refractivity contribution < 1.29 is 38.9 Å². The molecule has 0 aromatic heterocycles. The van der Waals surface area contributed by atoms with Crippen molar-refractivity contribution in [1.82, 2.24) is 0 Å². The summed E-state index contributed by atoms with van der Waals surface area (Å²) < 4.78 is 9.48. The van der Waals surface area contributed by atoms with Gasteiger partial charge in [0.1, 0.15) is 0 Å². The van der Waals surface area contributed by atoms with Crippen LogP contribution in [0.5, 0.6) is 0 Å². The molecular formula is C16H18O8. The number of methoxy groups -OCH3 is 2. The van der Waals surface area contributed by atoms with E-state index in [1.54, 1.807) is 0 Å². The number of aliphatic carboxylic acids is 2. The van der Waals surface area contributed by atoms with Gasteiger partial charge in [0.25, 0.3) is 0 Å². The predicted octanol–water partition coefficient (Wildman–Crippen LogP) is 0.316. The van der Waals surface area contributed by atoms with Crippen LogP contribution in [0.3, 0.4) is 0 Å². The molecule has 0 heterocycles. The molecule has 0 radical (unpaired) electrons. The minimum atomic E-state index is -1.06. The van der Waals surface area contributed by atoms with Gasteiger partial charge in [-0.2, -0.15) is 0 Å². The van der Waals surface area contributed by atoms with Crippen molar-refractivity contribution in [2.24, 2.45) is 35.5 Å². The van der Waals surface area contributed by atoms with Crippen LogP contribution in [-0.4, -0.2) is 48.3 Å². The Hall–Kier alpha value is -2.38. The number of carboxylic acid groups (broad SMARTS) is 2. The molecule has 0 aromatic rings. The van der Waals surface area contributed by atoms with E-state index in [0.717, 1.165) is 0 Å². The monoisotopic (exact) mass is 338 g/mol. The van der Waals surface area contributed by atoms with Crippen molar-refractivity contribution in [3.8, 4) is 0 Å². The molecule has 8 heteroatoms. The van der Waals surface area contributed by atoms with Crippen molar-refractivity contribution in [1.29, 1.82) is 0 Å². The average molecular weight is 338 g/mol.